The number of carbonyl (C=O) groups is 1. The molecule has 0 spiro atoms. The predicted molar refractivity (Wildman–Crippen MR) is 128 cm³/mol. The SMILES string of the molecule is O=C(COc1nccc(C(F)(F)F)n1)N1CCC(c2nc(C3=NOC(c4[c]cccc4Cl)C3)cs2)CC1. The Kier molecular flexibility index (Phi) is 7.29. The van der Waals surface area contributed by atoms with Gasteiger partial charge in [0.2, 0.25) is 0 Å². The van der Waals surface area contributed by atoms with Gasteiger partial charge in [-0.25, -0.2) is 9.97 Å². The smallest absolute Gasteiger partial charge is 0.433 e. The zero-order valence-electron chi connectivity index (χ0n) is 19.2. The van der Waals surface area contributed by atoms with E-state index in [9.17, 15) is 18.0 Å². The van der Waals surface area contributed by atoms with Crippen LogP contribution in [0.3, 0.4) is 0 Å². The first-order valence-corrected chi connectivity index (χ1v) is 12.7. The molecule has 1 fully saturated rings. The maximum absolute atomic E-state index is 12.8. The number of aromatic nitrogens is 3. The fraction of sp³-hybridized carbons (Fsp3) is 0.375. The van der Waals surface area contributed by atoms with E-state index in [1.807, 2.05) is 11.4 Å². The molecule has 193 valence electrons. The van der Waals surface area contributed by atoms with Gasteiger partial charge in [-0.3, -0.25) is 4.79 Å². The Bertz CT molecular complexity index is 1310. The Balaban J connectivity index is 1.12. The molecule has 0 aliphatic carbocycles. The average molecular weight is 551 g/mol. The average Bonchev–Trinajstić information content (AvgIpc) is 3.58. The van der Waals surface area contributed by atoms with E-state index in [2.05, 4.69) is 21.2 Å². The minimum Gasteiger partial charge on any atom is -0.453 e. The first-order chi connectivity index (χ1) is 17.8. The molecule has 1 saturated heterocycles. The van der Waals surface area contributed by atoms with Crippen molar-refractivity contribution >= 4 is 34.6 Å². The minimum absolute atomic E-state index is 0.186. The standard InChI is InChI=1S/C24H20ClF3N5O3S/c25-16-4-2-1-3-15(16)19-11-17(32-36-19)18-13-37-22(30-18)14-6-9-33(10-7-14)21(34)12-35-23-29-8-5-20(31-23)24(26,27)28/h1-2,4-5,8,13-14,19H,6-7,9-12H2. The van der Waals surface area contributed by atoms with Crippen LogP contribution in [-0.4, -0.2) is 51.2 Å². The highest BCUT2D eigenvalue weighted by atomic mass is 35.5. The number of nitrogens with zero attached hydrogens (tertiary/aromatic N) is 5. The monoisotopic (exact) mass is 550 g/mol. The van der Waals surface area contributed by atoms with Crippen LogP contribution in [0, 0.1) is 6.07 Å². The predicted octanol–water partition coefficient (Wildman–Crippen LogP) is 5.06. The summed E-state index contributed by atoms with van der Waals surface area (Å²) in [5, 5.41) is 7.71. The summed E-state index contributed by atoms with van der Waals surface area (Å²) in [7, 11) is 0. The normalized spacial score (nSPS) is 18.4. The summed E-state index contributed by atoms with van der Waals surface area (Å²) in [6.45, 7) is 0.538. The molecule has 1 aromatic carbocycles. The van der Waals surface area contributed by atoms with Crippen molar-refractivity contribution in [2.45, 2.75) is 37.5 Å². The van der Waals surface area contributed by atoms with Gasteiger partial charge in [-0.1, -0.05) is 28.9 Å². The zero-order valence-corrected chi connectivity index (χ0v) is 20.8. The number of rotatable bonds is 6. The lowest BCUT2D eigenvalue weighted by atomic mass is 9.97. The van der Waals surface area contributed by atoms with Gasteiger partial charge in [-0.05, 0) is 31.0 Å². The van der Waals surface area contributed by atoms with Crippen molar-refractivity contribution in [1.82, 2.24) is 19.9 Å². The summed E-state index contributed by atoms with van der Waals surface area (Å²) in [5.74, 6) is -0.148. The highest BCUT2D eigenvalue weighted by molar-refractivity contribution is 7.10. The van der Waals surface area contributed by atoms with Crippen LogP contribution >= 0.6 is 22.9 Å². The minimum atomic E-state index is -4.62. The summed E-state index contributed by atoms with van der Waals surface area (Å²) >= 11 is 7.80. The highest BCUT2D eigenvalue weighted by Crippen LogP contribution is 2.35. The second kappa shape index (κ2) is 10.6. The molecule has 8 nitrogen and oxygen atoms in total. The molecule has 37 heavy (non-hydrogen) atoms. The Labute approximate surface area is 219 Å². The van der Waals surface area contributed by atoms with Crippen LogP contribution in [-0.2, 0) is 15.8 Å². The van der Waals surface area contributed by atoms with Gasteiger partial charge in [0.1, 0.15) is 5.71 Å². The molecule has 1 radical (unpaired) electrons. The van der Waals surface area contributed by atoms with Crippen LogP contribution in [0.1, 0.15) is 53.2 Å². The van der Waals surface area contributed by atoms with Crippen molar-refractivity contribution in [1.29, 1.82) is 0 Å². The number of alkyl halides is 3. The fourth-order valence-electron chi connectivity index (χ4n) is 4.13. The first-order valence-electron chi connectivity index (χ1n) is 11.4. The quantitative estimate of drug-likeness (QED) is 0.426. The van der Waals surface area contributed by atoms with Gasteiger partial charge in [0, 0.05) is 47.6 Å². The van der Waals surface area contributed by atoms with Crippen molar-refractivity contribution in [3.05, 3.63) is 68.9 Å². The molecule has 13 heteroatoms. The van der Waals surface area contributed by atoms with E-state index in [1.54, 1.807) is 28.4 Å². The van der Waals surface area contributed by atoms with Gasteiger partial charge in [0.25, 0.3) is 5.91 Å². The lowest BCUT2D eigenvalue weighted by Crippen LogP contribution is -2.40. The van der Waals surface area contributed by atoms with Crippen molar-refractivity contribution < 1.29 is 27.5 Å². The van der Waals surface area contributed by atoms with Gasteiger partial charge < -0.3 is 14.5 Å². The lowest BCUT2D eigenvalue weighted by molar-refractivity contribution is -0.141. The first kappa shape index (κ1) is 25.4. The number of benzene rings is 1. The maximum atomic E-state index is 12.8. The van der Waals surface area contributed by atoms with Gasteiger partial charge in [0.15, 0.2) is 18.4 Å². The largest absolute Gasteiger partial charge is 0.453 e. The molecule has 1 amide bonds. The molecular formula is C24H20ClF3N5O3S. The van der Waals surface area contributed by atoms with Crippen molar-refractivity contribution in [2.75, 3.05) is 19.7 Å². The summed E-state index contributed by atoms with van der Waals surface area (Å²) in [5.41, 5.74) is 1.16. The fourth-order valence-corrected chi connectivity index (χ4v) is 5.38. The maximum Gasteiger partial charge on any atom is 0.433 e. The number of oxime groups is 1. The third-order valence-electron chi connectivity index (χ3n) is 6.09. The second-order valence-corrected chi connectivity index (χ2v) is 9.80. The Morgan fingerprint density at radius 2 is 2.08 bits per heavy atom. The van der Waals surface area contributed by atoms with Crippen molar-refractivity contribution in [3.8, 4) is 6.01 Å². The summed E-state index contributed by atoms with van der Waals surface area (Å²) in [4.78, 5) is 31.4. The van der Waals surface area contributed by atoms with Gasteiger partial charge in [-0.15, -0.1) is 11.3 Å². The van der Waals surface area contributed by atoms with Gasteiger partial charge in [-0.2, -0.15) is 18.2 Å². The number of hydrogen-bond donors (Lipinski definition) is 0. The molecule has 0 N–H and O–H groups in total. The lowest BCUT2D eigenvalue weighted by Gasteiger charge is -2.31. The third kappa shape index (κ3) is 5.85. The molecule has 2 aliphatic heterocycles. The molecule has 3 aromatic rings. The number of halogens is 4. The van der Waals surface area contributed by atoms with Crippen LogP contribution in [0.25, 0.3) is 0 Å². The number of piperidine rings is 1. The molecule has 1 unspecified atom stereocenters. The number of amides is 1. The van der Waals surface area contributed by atoms with E-state index in [0.29, 0.717) is 37.4 Å². The molecular weight excluding hydrogens is 531 g/mol. The van der Waals surface area contributed by atoms with E-state index >= 15 is 0 Å². The Morgan fingerprint density at radius 3 is 2.84 bits per heavy atom. The molecule has 4 heterocycles. The summed E-state index contributed by atoms with van der Waals surface area (Å²) in [6, 6.07) is 8.75. The van der Waals surface area contributed by atoms with Crippen LogP contribution in [0.4, 0.5) is 13.2 Å². The topological polar surface area (TPSA) is 89.8 Å². The second-order valence-electron chi connectivity index (χ2n) is 8.50. The highest BCUT2D eigenvalue weighted by Gasteiger charge is 2.33. The molecule has 2 aromatic heterocycles. The molecule has 2 aliphatic rings. The van der Waals surface area contributed by atoms with E-state index < -0.39 is 24.5 Å². The van der Waals surface area contributed by atoms with Crippen molar-refractivity contribution in [3.63, 3.8) is 0 Å². The molecule has 0 bridgehead atoms. The molecule has 0 saturated carbocycles. The third-order valence-corrected chi connectivity index (χ3v) is 7.43. The number of thiazole rings is 1. The molecule has 1 atom stereocenters. The van der Waals surface area contributed by atoms with E-state index in [-0.39, 0.29) is 17.9 Å². The van der Waals surface area contributed by atoms with Crippen LogP contribution < -0.4 is 4.74 Å². The van der Waals surface area contributed by atoms with Crippen LogP contribution in [0.5, 0.6) is 6.01 Å². The number of likely N-dealkylation sites (tertiary alicyclic amines) is 1. The van der Waals surface area contributed by atoms with E-state index in [1.165, 1.54) is 0 Å². The number of hydrogen-bond acceptors (Lipinski definition) is 8. The van der Waals surface area contributed by atoms with Crippen LogP contribution in [0.2, 0.25) is 5.02 Å². The van der Waals surface area contributed by atoms with E-state index in [4.69, 9.17) is 26.2 Å². The van der Waals surface area contributed by atoms with E-state index in [0.717, 1.165) is 34.2 Å². The van der Waals surface area contributed by atoms with Gasteiger partial charge >= 0.3 is 12.2 Å². The van der Waals surface area contributed by atoms with Gasteiger partial charge in [0.05, 0.1) is 10.7 Å². The Hall–Kier alpha value is -3.25. The number of ether oxygens (including phenoxy) is 1. The zero-order chi connectivity index (χ0) is 26.0. The van der Waals surface area contributed by atoms with Crippen LogP contribution in [0.15, 0.2) is 41.0 Å². The summed E-state index contributed by atoms with van der Waals surface area (Å²) < 4.78 is 43.5. The number of carbonyl (C=O) groups excluding carboxylic acids is 1. The Morgan fingerprint density at radius 1 is 1.27 bits per heavy atom. The van der Waals surface area contributed by atoms with Crippen molar-refractivity contribution in [2.24, 2.45) is 5.16 Å². The summed E-state index contributed by atoms with van der Waals surface area (Å²) in [6.07, 6.45) is -2.01. The molecule has 5 rings (SSSR count).